The Morgan fingerprint density at radius 3 is 2.60 bits per heavy atom. The molecule has 0 radical (unpaired) electrons. The maximum atomic E-state index is 10.4. The summed E-state index contributed by atoms with van der Waals surface area (Å²) in [5.41, 5.74) is 13.2. The highest BCUT2D eigenvalue weighted by molar-refractivity contribution is 5.57. The average Bonchev–Trinajstić information content (AvgIpc) is 2.28. The molecule has 1 aliphatic rings. The van der Waals surface area contributed by atoms with E-state index in [2.05, 4.69) is 4.99 Å². The molecule has 4 heteroatoms. The second-order valence-electron chi connectivity index (χ2n) is 3.64. The topological polar surface area (TPSA) is 81.5 Å². The normalized spacial score (nSPS) is 18.5. The maximum Gasteiger partial charge on any atom is 0.137 e. The van der Waals surface area contributed by atoms with Crippen LogP contribution >= 0.6 is 0 Å². The first-order valence-electron chi connectivity index (χ1n) is 5.04. The van der Waals surface area contributed by atoms with E-state index < -0.39 is 0 Å². The highest BCUT2D eigenvalue weighted by Gasteiger charge is 2.09. The molecule has 0 aromatic carbocycles. The second-order valence-corrected chi connectivity index (χ2v) is 3.64. The van der Waals surface area contributed by atoms with Gasteiger partial charge in [-0.1, -0.05) is 17.7 Å². The largest absolute Gasteiger partial charge is 0.390 e. The Hall–Kier alpha value is -1.42. The van der Waals surface area contributed by atoms with Gasteiger partial charge >= 0.3 is 0 Å². The predicted molar refractivity (Wildman–Crippen MR) is 61.6 cm³/mol. The number of hydrogen-bond acceptors (Lipinski definition) is 3. The van der Waals surface area contributed by atoms with Gasteiger partial charge in [0.25, 0.3) is 0 Å². The molecule has 1 unspecified atom stereocenters. The summed E-state index contributed by atoms with van der Waals surface area (Å²) in [6.45, 7) is 0.667. The summed E-state index contributed by atoms with van der Waals surface area (Å²) in [5, 5.41) is 0. The van der Waals surface area contributed by atoms with Gasteiger partial charge in [-0.2, -0.15) is 0 Å². The molecule has 4 nitrogen and oxygen atoms in total. The lowest BCUT2D eigenvalue weighted by atomic mass is 9.94. The molecule has 0 aliphatic heterocycles. The monoisotopic (exact) mass is 207 g/mol. The van der Waals surface area contributed by atoms with Gasteiger partial charge in [-0.15, -0.1) is 0 Å². The minimum absolute atomic E-state index is 0.367. The van der Waals surface area contributed by atoms with E-state index in [9.17, 15) is 4.79 Å². The van der Waals surface area contributed by atoms with Crippen LogP contribution in [0.25, 0.3) is 0 Å². The van der Waals surface area contributed by atoms with Gasteiger partial charge in [0.2, 0.25) is 0 Å². The first-order chi connectivity index (χ1) is 7.26. The number of aldehydes is 1. The van der Waals surface area contributed by atoms with E-state index >= 15 is 0 Å². The van der Waals surface area contributed by atoms with E-state index in [1.54, 1.807) is 0 Å². The van der Waals surface area contributed by atoms with Gasteiger partial charge in [-0.3, -0.25) is 4.99 Å². The van der Waals surface area contributed by atoms with Crippen LogP contribution in [0, 0.1) is 0 Å². The zero-order valence-electron chi connectivity index (χ0n) is 8.73. The molecule has 0 saturated heterocycles. The first-order valence-corrected chi connectivity index (χ1v) is 5.04. The fraction of sp³-hybridized carbons (Fsp3) is 0.455. The van der Waals surface area contributed by atoms with Crippen LogP contribution in [0.3, 0.4) is 0 Å². The predicted octanol–water partition coefficient (Wildman–Crippen LogP) is 0.536. The molecular weight excluding hydrogens is 190 g/mol. The molecule has 1 rings (SSSR count). The van der Waals surface area contributed by atoms with Crippen LogP contribution in [0.1, 0.15) is 19.3 Å². The van der Waals surface area contributed by atoms with Crippen LogP contribution in [0.2, 0.25) is 0 Å². The number of hydrogen-bond donors (Lipinski definition) is 2. The van der Waals surface area contributed by atoms with Gasteiger partial charge in [-0.25, -0.2) is 0 Å². The van der Waals surface area contributed by atoms with Gasteiger partial charge in [-0.05, 0) is 24.8 Å². The lowest BCUT2D eigenvalue weighted by molar-refractivity contribution is -0.108. The molecule has 4 N–H and O–H groups in total. The van der Waals surface area contributed by atoms with Crippen molar-refractivity contribution in [3.8, 4) is 0 Å². The Balaban J connectivity index is 2.48. The number of nitrogens with zero attached hydrogens (tertiary/aromatic N) is 1. The third-order valence-electron chi connectivity index (χ3n) is 2.39. The molecule has 15 heavy (non-hydrogen) atoms. The van der Waals surface area contributed by atoms with Crippen LogP contribution in [-0.2, 0) is 4.79 Å². The van der Waals surface area contributed by atoms with E-state index in [0.717, 1.165) is 19.1 Å². The van der Waals surface area contributed by atoms with Crippen molar-refractivity contribution >= 4 is 12.6 Å². The SMILES string of the molecule is NC=NCC1=CC=C(CC(N)C=O)CC1. The Kier molecular flexibility index (Phi) is 4.77. The molecule has 0 aromatic heterocycles. The number of aliphatic imine (C=N–C) groups is 1. The minimum atomic E-state index is -0.367. The second kappa shape index (κ2) is 6.14. The summed E-state index contributed by atoms with van der Waals surface area (Å²) in [4.78, 5) is 14.4. The van der Waals surface area contributed by atoms with Crippen molar-refractivity contribution in [3.05, 3.63) is 23.3 Å². The Bertz CT molecular complexity index is 305. The summed E-state index contributed by atoms with van der Waals surface area (Å²) in [6.07, 6.45) is 8.80. The smallest absolute Gasteiger partial charge is 0.137 e. The molecule has 0 saturated carbocycles. The molecule has 0 aromatic rings. The molecule has 1 atom stereocenters. The van der Waals surface area contributed by atoms with Gasteiger partial charge < -0.3 is 16.3 Å². The lowest BCUT2D eigenvalue weighted by Gasteiger charge is -2.14. The third-order valence-corrected chi connectivity index (χ3v) is 2.39. The molecule has 0 spiro atoms. The fourth-order valence-corrected chi connectivity index (χ4v) is 1.55. The lowest BCUT2D eigenvalue weighted by Crippen LogP contribution is -2.22. The van der Waals surface area contributed by atoms with Crippen LogP contribution in [0.4, 0.5) is 0 Å². The number of carbonyl (C=O) groups is 1. The number of allylic oxidation sites excluding steroid dienone is 2. The molecular formula is C11H17N3O. The van der Waals surface area contributed by atoms with Crippen molar-refractivity contribution in [1.29, 1.82) is 0 Å². The molecule has 0 fully saturated rings. The van der Waals surface area contributed by atoms with Crippen molar-refractivity contribution < 1.29 is 4.79 Å². The number of rotatable bonds is 5. The summed E-state index contributed by atoms with van der Waals surface area (Å²) in [7, 11) is 0. The van der Waals surface area contributed by atoms with E-state index in [4.69, 9.17) is 11.5 Å². The van der Waals surface area contributed by atoms with Crippen LogP contribution in [0.5, 0.6) is 0 Å². The van der Waals surface area contributed by atoms with E-state index in [1.807, 2.05) is 12.2 Å². The van der Waals surface area contributed by atoms with Gasteiger partial charge in [0.05, 0.1) is 18.9 Å². The Morgan fingerprint density at radius 2 is 2.07 bits per heavy atom. The van der Waals surface area contributed by atoms with Crippen molar-refractivity contribution in [2.75, 3.05) is 6.54 Å². The standard InChI is InChI=1S/C11H17N3O/c12-8-14-6-10-3-1-9(2-4-10)5-11(13)7-15/h1,3,7-8,11H,2,4-6,13H2,(H2,12,14). The van der Waals surface area contributed by atoms with Gasteiger partial charge in [0.1, 0.15) is 6.29 Å². The van der Waals surface area contributed by atoms with Crippen LogP contribution in [-0.4, -0.2) is 25.2 Å². The highest BCUT2D eigenvalue weighted by Crippen LogP contribution is 2.21. The van der Waals surface area contributed by atoms with Crippen LogP contribution in [0.15, 0.2) is 28.3 Å². The molecule has 82 valence electrons. The molecule has 0 amide bonds. The van der Waals surface area contributed by atoms with Crippen molar-refractivity contribution in [1.82, 2.24) is 0 Å². The van der Waals surface area contributed by atoms with Gasteiger partial charge in [0, 0.05) is 0 Å². The summed E-state index contributed by atoms with van der Waals surface area (Å²) in [5.74, 6) is 0. The highest BCUT2D eigenvalue weighted by atomic mass is 16.1. The number of carbonyl (C=O) groups excluding carboxylic acids is 1. The number of nitrogens with two attached hydrogens (primary N) is 2. The Morgan fingerprint density at radius 1 is 1.40 bits per heavy atom. The maximum absolute atomic E-state index is 10.4. The minimum Gasteiger partial charge on any atom is -0.390 e. The van der Waals surface area contributed by atoms with Crippen molar-refractivity contribution in [2.45, 2.75) is 25.3 Å². The Labute approximate surface area is 89.7 Å². The summed E-state index contributed by atoms with van der Waals surface area (Å²) >= 11 is 0. The zero-order valence-corrected chi connectivity index (χ0v) is 8.73. The van der Waals surface area contributed by atoms with E-state index in [0.29, 0.717) is 13.0 Å². The fourth-order valence-electron chi connectivity index (χ4n) is 1.55. The summed E-state index contributed by atoms with van der Waals surface area (Å²) < 4.78 is 0. The van der Waals surface area contributed by atoms with E-state index in [-0.39, 0.29) is 6.04 Å². The van der Waals surface area contributed by atoms with Crippen molar-refractivity contribution in [2.24, 2.45) is 16.5 Å². The quantitative estimate of drug-likeness (QED) is 0.392. The first kappa shape index (κ1) is 11.7. The van der Waals surface area contributed by atoms with Crippen LogP contribution < -0.4 is 11.5 Å². The van der Waals surface area contributed by atoms with Crippen molar-refractivity contribution in [3.63, 3.8) is 0 Å². The van der Waals surface area contributed by atoms with E-state index in [1.165, 1.54) is 17.5 Å². The van der Waals surface area contributed by atoms with Gasteiger partial charge in [0.15, 0.2) is 0 Å². The molecule has 0 bridgehead atoms. The molecule has 1 aliphatic carbocycles. The zero-order chi connectivity index (χ0) is 11.1. The molecule has 0 heterocycles. The summed E-state index contributed by atoms with van der Waals surface area (Å²) in [6, 6.07) is -0.367. The average molecular weight is 207 g/mol. The third kappa shape index (κ3) is 4.08.